The number of rotatable bonds is 3. The molecule has 0 aromatic heterocycles. The van der Waals surface area contributed by atoms with E-state index in [2.05, 4.69) is 0 Å². The van der Waals surface area contributed by atoms with E-state index in [4.69, 9.17) is 27.9 Å². The molecule has 0 spiro atoms. The molecule has 152 valence electrons. The predicted octanol–water partition coefficient (Wildman–Crippen LogP) is 6.45. The standard InChI is InChI=1S/C22H11Cl2F3O3/c23-19(28)13-10-11-16-18(17(13)20(24)29)21(22(25,26)27,12-6-2-1-3-7-12)14-8-4-5-9-15(14)30-16/h1-11H. The van der Waals surface area contributed by atoms with Crippen LogP contribution in [0.1, 0.15) is 37.4 Å². The Kier molecular flexibility index (Phi) is 4.87. The number of alkyl halides is 3. The predicted molar refractivity (Wildman–Crippen MR) is 106 cm³/mol. The van der Waals surface area contributed by atoms with Gasteiger partial charge in [0.1, 0.15) is 16.9 Å². The number of ether oxygens (including phenoxy) is 1. The first-order valence-corrected chi connectivity index (χ1v) is 9.42. The van der Waals surface area contributed by atoms with Gasteiger partial charge in [-0.2, -0.15) is 13.2 Å². The number of hydrogen-bond acceptors (Lipinski definition) is 3. The van der Waals surface area contributed by atoms with Crippen LogP contribution in [0.2, 0.25) is 0 Å². The van der Waals surface area contributed by atoms with E-state index < -0.39 is 38.8 Å². The Balaban J connectivity index is 2.28. The summed E-state index contributed by atoms with van der Waals surface area (Å²) in [4.78, 5) is 24.3. The van der Waals surface area contributed by atoms with Crippen LogP contribution in [0.25, 0.3) is 0 Å². The molecule has 3 aromatic rings. The second kappa shape index (κ2) is 7.15. The van der Waals surface area contributed by atoms with Crippen LogP contribution in [0, 0.1) is 0 Å². The number of hydrogen-bond donors (Lipinski definition) is 0. The van der Waals surface area contributed by atoms with Gasteiger partial charge in [-0.25, -0.2) is 0 Å². The van der Waals surface area contributed by atoms with Crippen molar-refractivity contribution in [2.45, 2.75) is 11.6 Å². The molecule has 1 atom stereocenters. The van der Waals surface area contributed by atoms with Gasteiger partial charge in [0.25, 0.3) is 10.5 Å². The maximum Gasteiger partial charge on any atom is 0.406 e. The highest BCUT2D eigenvalue weighted by molar-refractivity contribution is 6.72. The maximum atomic E-state index is 15.1. The van der Waals surface area contributed by atoms with E-state index in [1.54, 1.807) is 12.1 Å². The Morgan fingerprint density at radius 1 is 0.800 bits per heavy atom. The van der Waals surface area contributed by atoms with Crippen LogP contribution in [0.5, 0.6) is 11.5 Å². The van der Waals surface area contributed by atoms with E-state index in [-0.39, 0.29) is 22.6 Å². The second-order valence-electron chi connectivity index (χ2n) is 6.62. The average Bonchev–Trinajstić information content (AvgIpc) is 2.70. The number of para-hydroxylation sites is 1. The summed E-state index contributed by atoms with van der Waals surface area (Å²) in [6, 6.07) is 15.1. The monoisotopic (exact) mass is 450 g/mol. The van der Waals surface area contributed by atoms with Crippen molar-refractivity contribution in [2.75, 3.05) is 0 Å². The molecule has 0 radical (unpaired) electrons. The smallest absolute Gasteiger partial charge is 0.406 e. The van der Waals surface area contributed by atoms with E-state index in [1.807, 2.05) is 0 Å². The lowest BCUT2D eigenvalue weighted by molar-refractivity contribution is -0.168. The normalized spacial score (nSPS) is 17.5. The molecule has 0 saturated heterocycles. The van der Waals surface area contributed by atoms with Crippen molar-refractivity contribution in [3.63, 3.8) is 0 Å². The highest BCUT2D eigenvalue weighted by Crippen LogP contribution is 2.60. The molecule has 0 saturated carbocycles. The first-order chi connectivity index (χ1) is 14.2. The molecule has 1 aliphatic heterocycles. The highest BCUT2D eigenvalue weighted by Gasteiger charge is 2.63. The molecule has 0 bridgehead atoms. The number of carbonyl (C=O) groups excluding carboxylic acids is 2. The van der Waals surface area contributed by atoms with Gasteiger partial charge < -0.3 is 4.74 Å². The molecule has 8 heteroatoms. The van der Waals surface area contributed by atoms with Crippen LogP contribution in [0.3, 0.4) is 0 Å². The van der Waals surface area contributed by atoms with E-state index in [1.165, 1.54) is 48.5 Å². The van der Waals surface area contributed by atoms with Crippen LogP contribution >= 0.6 is 23.2 Å². The van der Waals surface area contributed by atoms with Crippen molar-refractivity contribution in [1.29, 1.82) is 0 Å². The fraction of sp³-hybridized carbons (Fsp3) is 0.0909. The summed E-state index contributed by atoms with van der Waals surface area (Å²) in [7, 11) is 0. The fourth-order valence-corrected chi connectivity index (χ4v) is 4.33. The molecule has 3 aromatic carbocycles. The molecule has 4 rings (SSSR count). The number of carbonyl (C=O) groups is 2. The Bertz CT molecular complexity index is 1180. The molecule has 1 unspecified atom stereocenters. The quantitative estimate of drug-likeness (QED) is 0.430. The van der Waals surface area contributed by atoms with E-state index in [9.17, 15) is 9.59 Å². The van der Waals surface area contributed by atoms with E-state index >= 15 is 13.2 Å². The highest BCUT2D eigenvalue weighted by atomic mass is 35.5. The minimum absolute atomic E-state index is 0.0240. The van der Waals surface area contributed by atoms with Gasteiger partial charge in [-0.05, 0) is 47.0 Å². The molecule has 30 heavy (non-hydrogen) atoms. The largest absolute Gasteiger partial charge is 0.457 e. The minimum atomic E-state index is -4.93. The van der Waals surface area contributed by atoms with Crippen LogP contribution in [0.4, 0.5) is 13.2 Å². The Labute approximate surface area is 179 Å². The van der Waals surface area contributed by atoms with Gasteiger partial charge in [-0.1, -0.05) is 48.5 Å². The van der Waals surface area contributed by atoms with Crippen molar-refractivity contribution in [3.05, 3.63) is 94.5 Å². The summed E-state index contributed by atoms with van der Waals surface area (Å²) in [5.41, 5.74) is -4.83. The van der Waals surface area contributed by atoms with Gasteiger partial charge in [0, 0.05) is 16.7 Å². The SMILES string of the molecule is O=C(Cl)c1ccc2c(c1C(=O)Cl)C(c1ccccc1)(C(F)(F)F)c1ccccc1O2. The molecule has 1 aliphatic rings. The van der Waals surface area contributed by atoms with Crippen LogP contribution in [0.15, 0.2) is 66.7 Å². The zero-order chi connectivity index (χ0) is 21.7. The van der Waals surface area contributed by atoms with Crippen molar-refractivity contribution in [2.24, 2.45) is 0 Å². The third-order valence-corrected chi connectivity index (χ3v) is 5.49. The maximum absolute atomic E-state index is 15.1. The van der Waals surface area contributed by atoms with Crippen LogP contribution < -0.4 is 4.74 Å². The summed E-state index contributed by atoms with van der Waals surface area (Å²) in [6.07, 6.45) is -4.93. The van der Waals surface area contributed by atoms with Gasteiger partial charge in [0.2, 0.25) is 0 Å². The third-order valence-electron chi connectivity index (χ3n) is 5.09. The zero-order valence-corrected chi connectivity index (χ0v) is 16.5. The summed E-state index contributed by atoms with van der Waals surface area (Å²) in [6.45, 7) is 0. The average molecular weight is 451 g/mol. The zero-order valence-electron chi connectivity index (χ0n) is 15.0. The fourth-order valence-electron chi connectivity index (χ4n) is 3.97. The van der Waals surface area contributed by atoms with Crippen LogP contribution in [-0.2, 0) is 5.41 Å². The second-order valence-corrected chi connectivity index (χ2v) is 7.31. The lowest BCUT2D eigenvalue weighted by Crippen LogP contribution is -2.47. The van der Waals surface area contributed by atoms with Crippen molar-refractivity contribution < 1.29 is 27.5 Å². The van der Waals surface area contributed by atoms with Gasteiger partial charge in [0.05, 0.1) is 5.56 Å². The molecule has 0 N–H and O–H groups in total. The van der Waals surface area contributed by atoms with Crippen molar-refractivity contribution >= 4 is 33.7 Å². The number of halogens is 5. The summed E-state index contributed by atoms with van der Waals surface area (Å²) in [5, 5.41) is -2.35. The summed E-state index contributed by atoms with van der Waals surface area (Å²) in [5.74, 6) is -0.260. The topological polar surface area (TPSA) is 43.4 Å². The lowest BCUT2D eigenvalue weighted by atomic mass is 9.65. The van der Waals surface area contributed by atoms with Crippen molar-refractivity contribution in [3.8, 4) is 11.5 Å². The molecule has 3 nitrogen and oxygen atoms in total. The molecule has 1 heterocycles. The molecule has 0 amide bonds. The van der Waals surface area contributed by atoms with Crippen LogP contribution in [-0.4, -0.2) is 16.7 Å². The molecular weight excluding hydrogens is 440 g/mol. The van der Waals surface area contributed by atoms with Crippen molar-refractivity contribution in [1.82, 2.24) is 0 Å². The van der Waals surface area contributed by atoms with Gasteiger partial charge >= 0.3 is 6.18 Å². The van der Waals surface area contributed by atoms with E-state index in [0.717, 1.165) is 6.07 Å². The van der Waals surface area contributed by atoms with Gasteiger partial charge in [0.15, 0.2) is 0 Å². The van der Waals surface area contributed by atoms with Gasteiger partial charge in [-0.15, -0.1) is 0 Å². The first-order valence-electron chi connectivity index (χ1n) is 8.66. The Hall–Kier alpha value is -2.83. The van der Waals surface area contributed by atoms with E-state index in [0.29, 0.717) is 0 Å². The molecule has 0 fully saturated rings. The molecule has 0 aliphatic carbocycles. The summed E-state index contributed by atoms with van der Waals surface area (Å²) < 4.78 is 51.0. The Morgan fingerprint density at radius 3 is 2.03 bits per heavy atom. The first kappa shape index (κ1) is 20.4. The lowest BCUT2D eigenvalue weighted by Gasteiger charge is -2.42. The number of benzene rings is 3. The number of fused-ring (bicyclic) bond motifs is 2. The van der Waals surface area contributed by atoms with Gasteiger partial charge in [-0.3, -0.25) is 9.59 Å². The minimum Gasteiger partial charge on any atom is -0.457 e. The summed E-state index contributed by atoms with van der Waals surface area (Å²) >= 11 is 11.3. The third kappa shape index (κ3) is 2.82. The molecular formula is C22H11Cl2F3O3. The Morgan fingerprint density at radius 2 is 1.43 bits per heavy atom.